The van der Waals surface area contributed by atoms with Crippen LogP contribution >= 0.6 is 23.2 Å². The van der Waals surface area contributed by atoms with Crippen molar-refractivity contribution < 1.29 is 2.74 Å². The summed E-state index contributed by atoms with van der Waals surface area (Å²) in [6.45, 7) is 0. The number of halogens is 2. The highest BCUT2D eigenvalue weighted by Crippen LogP contribution is 2.09. The van der Waals surface area contributed by atoms with E-state index in [2.05, 4.69) is 10.2 Å². The molecule has 0 aliphatic rings. The molecular weight excluding hydrogens is 267 g/mol. The number of rotatable bonds is 3. The molecule has 90 valence electrons. The number of nitrogens with zero attached hydrogens (tertiary/aromatic N) is 2. The minimum Gasteiger partial charge on any atom is -0.159 e. The lowest BCUT2D eigenvalue weighted by Crippen LogP contribution is -1.80. The third-order valence-corrected chi connectivity index (χ3v) is 2.60. The van der Waals surface area contributed by atoms with Crippen molar-refractivity contribution in [3.8, 4) is 0 Å². The zero-order chi connectivity index (χ0) is 14.5. The molecule has 0 aromatic heterocycles. The van der Waals surface area contributed by atoms with Gasteiger partial charge in [0.15, 0.2) is 0 Å². The molecule has 2 aromatic rings. The van der Waals surface area contributed by atoms with Crippen LogP contribution in [0.4, 0.5) is 0 Å². The summed E-state index contributed by atoms with van der Waals surface area (Å²) in [6, 6.07) is 13.4. The van der Waals surface area contributed by atoms with E-state index in [0.29, 0.717) is 21.2 Å². The maximum absolute atomic E-state index is 7.77. The van der Waals surface area contributed by atoms with Crippen LogP contribution < -0.4 is 0 Å². The lowest BCUT2D eigenvalue weighted by atomic mass is 10.2. The number of hydrogen-bond acceptors (Lipinski definition) is 2. The van der Waals surface area contributed by atoms with Crippen molar-refractivity contribution in [2.24, 2.45) is 10.2 Å². The first-order valence-electron chi connectivity index (χ1n) is 6.17. The van der Waals surface area contributed by atoms with E-state index in [4.69, 9.17) is 25.9 Å². The fourth-order valence-electron chi connectivity index (χ4n) is 1.21. The Hall–Kier alpha value is -1.64. The van der Waals surface area contributed by atoms with Crippen LogP contribution in [-0.2, 0) is 0 Å². The fraction of sp³-hybridized carbons (Fsp3) is 0. The van der Waals surface area contributed by atoms with Crippen LogP contribution in [0.1, 0.15) is 13.9 Å². The summed E-state index contributed by atoms with van der Waals surface area (Å²) in [4.78, 5) is 0. The predicted molar refractivity (Wildman–Crippen MR) is 78.1 cm³/mol. The van der Waals surface area contributed by atoms with Crippen LogP contribution in [0.2, 0.25) is 10.0 Å². The largest absolute Gasteiger partial charge is 0.159 e. The molecule has 0 atom stereocenters. The molecule has 18 heavy (non-hydrogen) atoms. The van der Waals surface area contributed by atoms with E-state index < -0.39 is 0 Å². The SMILES string of the molecule is [2H]/C(=N\N=C(/[2H])c1ccc(Cl)cc1)c1ccc(Cl)cc1. The van der Waals surface area contributed by atoms with Crippen molar-refractivity contribution in [1.82, 2.24) is 0 Å². The molecule has 2 aromatic carbocycles. The summed E-state index contributed by atoms with van der Waals surface area (Å²) in [6.07, 6.45) is -0.0549. The average molecular weight is 279 g/mol. The van der Waals surface area contributed by atoms with Gasteiger partial charge in [-0.05, 0) is 35.4 Å². The van der Waals surface area contributed by atoms with Gasteiger partial charge in [-0.15, -0.1) is 0 Å². The van der Waals surface area contributed by atoms with Gasteiger partial charge in [0.1, 0.15) is 0 Å². The van der Waals surface area contributed by atoms with Gasteiger partial charge in [0.25, 0.3) is 0 Å². The molecule has 0 spiro atoms. The van der Waals surface area contributed by atoms with Gasteiger partial charge in [-0.2, -0.15) is 10.2 Å². The van der Waals surface area contributed by atoms with Crippen molar-refractivity contribution in [2.75, 3.05) is 0 Å². The molecule has 2 nitrogen and oxygen atoms in total. The van der Waals surface area contributed by atoms with Gasteiger partial charge in [0.2, 0.25) is 0 Å². The van der Waals surface area contributed by atoms with Gasteiger partial charge in [-0.1, -0.05) is 47.5 Å². The quantitative estimate of drug-likeness (QED) is 0.586. The van der Waals surface area contributed by atoms with Gasteiger partial charge < -0.3 is 0 Å². The summed E-state index contributed by atoms with van der Waals surface area (Å²) in [7, 11) is 0. The van der Waals surface area contributed by atoms with Crippen molar-refractivity contribution in [2.45, 2.75) is 0 Å². The molecule has 0 unspecified atom stereocenters. The highest BCUT2D eigenvalue weighted by Gasteiger charge is 1.89. The van der Waals surface area contributed by atoms with Gasteiger partial charge in [-0.3, -0.25) is 0 Å². The topological polar surface area (TPSA) is 24.7 Å². The second kappa shape index (κ2) is 6.34. The first-order chi connectivity index (χ1) is 9.56. The summed E-state index contributed by atoms with van der Waals surface area (Å²) in [5, 5.41) is 8.64. The van der Waals surface area contributed by atoms with Crippen molar-refractivity contribution in [3.05, 3.63) is 69.7 Å². The number of benzene rings is 2. The van der Waals surface area contributed by atoms with E-state index in [0.717, 1.165) is 0 Å². The molecule has 0 aliphatic carbocycles. The first kappa shape index (κ1) is 10.3. The van der Waals surface area contributed by atoms with Gasteiger partial charge >= 0.3 is 0 Å². The van der Waals surface area contributed by atoms with Crippen LogP contribution in [0, 0.1) is 0 Å². The van der Waals surface area contributed by atoms with E-state index in [1.807, 2.05) is 0 Å². The summed E-state index contributed by atoms with van der Waals surface area (Å²) in [5.74, 6) is 0. The van der Waals surface area contributed by atoms with Gasteiger partial charge in [0, 0.05) is 10.0 Å². The van der Waals surface area contributed by atoms with Gasteiger partial charge in [0.05, 0.1) is 15.1 Å². The van der Waals surface area contributed by atoms with Gasteiger partial charge in [-0.25, -0.2) is 0 Å². The molecule has 0 bridgehead atoms. The summed E-state index contributed by atoms with van der Waals surface area (Å²) >= 11 is 11.5. The Labute approximate surface area is 118 Å². The van der Waals surface area contributed by atoms with Crippen molar-refractivity contribution in [1.29, 1.82) is 0 Å². The molecule has 2 rings (SSSR count). The van der Waals surface area contributed by atoms with E-state index in [1.54, 1.807) is 48.5 Å². The van der Waals surface area contributed by atoms with E-state index in [9.17, 15) is 0 Å². The average Bonchev–Trinajstić information content (AvgIpc) is 2.46. The van der Waals surface area contributed by atoms with Crippen LogP contribution in [0.3, 0.4) is 0 Å². The normalized spacial score (nSPS) is 14.1. The fourth-order valence-corrected chi connectivity index (χ4v) is 1.47. The van der Waals surface area contributed by atoms with Crippen molar-refractivity contribution in [3.63, 3.8) is 0 Å². The molecule has 0 N–H and O–H groups in total. The second-order valence-corrected chi connectivity index (χ2v) is 4.31. The molecule has 0 fully saturated rings. The number of hydrogen-bond donors (Lipinski definition) is 0. The van der Waals surface area contributed by atoms with E-state index in [-0.39, 0.29) is 12.4 Å². The Balaban J connectivity index is 2.19. The van der Waals surface area contributed by atoms with Crippen LogP contribution in [0.5, 0.6) is 0 Å². The Bertz CT molecular complexity index is 590. The third-order valence-electron chi connectivity index (χ3n) is 2.10. The summed E-state index contributed by atoms with van der Waals surface area (Å²) in [5.41, 5.74) is 1.17. The Morgan fingerprint density at radius 3 is 1.39 bits per heavy atom. The van der Waals surface area contributed by atoms with Crippen molar-refractivity contribution >= 4 is 35.6 Å². The second-order valence-electron chi connectivity index (χ2n) is 3.44. The highest BCUT2D eigenvalue weighted by molar-refractivity contribution is 6.30. The lowest BCUT2D eigenvalue weighted by Gasteiger charge is -1.92. The zero-order valence-corrected chi connectivity index (χ0v) is 10.8. The van der Waals surface area contributed by atoms with E-state index in [1.165, 1.54) is 0 Å². The molecule has 0 heterocycles. The first-order valence-corrected chi connectivity index (χ1v) is 5.92. The van der Waals surface area contributed by atoms with Crippen LogP contribution in [0.15, 0.2) is 58.7 Å². The molecule has 0 saturated heterocycles. The maximum atomic E-state index is 7.77. The smallest absolute Gasteiger partial charge is 0.0866 e. The predicted octanol–water partition coefficient (Wildman–Crippen LogP) is 4.45. The molecule has 0 saturated carbocycles. The standard InChI is InChI=1S/C14H10Cl2N2/c15-13-5-1-11(2-6-13)9-17-18-10-12-3-7-14(16)8-4-12/h1-10H/b17-9+,18-10+/i9D,10D. The minimum absolute atomic E-state index is 0.0274. The zero-order valence-electron chi connectivity index (χ0n) is 11.3. The molecule has 0 radical (unpaired) electrons. The lowest BCUT2D eigenvalue weighted by molar-refractivity contribution is 1.26. The Morgan fingerprint density at radius 2 is 1.06 bits per heavy atom. The molecule has 0 amide bonds. The van der Waals surface area contributed by atoms with E-state index >= 15 is 0 Å². The Kier molecular flexibility index (Phi) is 3.62. The molecular formula is C14H10Cl2N2. The monoisotopic (exact) mass is 278 g/mol. The van der Waals surface area contributed by atoms with Crippen LogP contribution in [-0.4, -0.2) is 12.4 Å². The molecule has 4 heteroatoms. The molecule has 0 aliphatic heterocycles. The minimum atomic E-state index is -0.0274. The van der Waals surface area contributed by atoms with Crippen LogP contribution in [0.25, 0.3) is 0 Å². The summed E-state index contributed by atoms with van der Waals surface area (Å²) < 4.78 is 15.5. The highest BCUT2D eigenvalue weighted by atomic mass is 35.5. The Morgan fingerprint density at radius 1 is 0.722 bits per heavy atom. The maximum Gasteiger partial charge on any atom is 0.0866 e. The third kappa shape index (κ3) is 3.99.